The summed E-state index contributed by atoms with van der Waals surface area (Å²) in [4.78, 5) is 0. The molecule has 0 aliphatic rings. The SMILES string of the molecule is COc1cc(Br)ccc1C(O)Cc1ccc(Cl)c(F)c1. The molecule has 0 aliphatic carbocycles. The first-order valence-corrected chi connectivity index (χ1v) is 7.14. The van der Waals surface area contributed by atoms with E-state index < -0.39 is 11.9 Å². The number of aliphatic hydroxyl groups excluding tert-OH is 1. The smallest absolute Gasteiger partial charge is 0.142 e. The Bertz CT molecular complexity index is 619. The van der Waals surface area contributed by atoms with E-state index in [2.05, 4.69) is 15.9 Å². The predicted octanol–water partition coefficient (Wildman–Crippen LogP) is 4.53. The summed E-state index contributed by atoms with van der Waals surface area (Å²) in [6, 6.07) is 9.89. The summed E-state index contributed by atoms with van der Waals surface area (Å²) >= 11 is 8.98. The molecule has 0 heterocycles. The number of methoxy groups -OCH3 is 1. The normalized spacial score (nSPS) is 12.2. The monoisotopic (exact) mass is 358 g/mol. The van der Waals surface area contributed by atoms with Gasteiger partial charge in [0.2, 0.25) is 0 Å². The summed E-state index contributed by atoms with van der Waals surface area (Å²) in [5.41, 5.74) is 1.33. The second-order valence-electron chi connectivity index (χ2n) is 4.35. The lowest BCUT2D eigenvalue weighted by molar-refractivity contribution is 0.174. The van der Waals surface area contributed by atoms with Gasteiger partial charge in [0.1, 0.15) is 11.6 Å². The van der Waals surface area contributed by atoms with Crippen LogP contribution in [0.5, 0.6) is 5.75 Å². The highest BCUT2D eigenvalue weighted by Gasteiger charge is 2.15. The van der Waals surface area contributed by atoms with Crippen LogP contribution >= 0.6 is 27.5 Å². The Labute approximate surface area is 130 Å². The number of halogens is 3. The largest absolute Gasteiger partial charge is 0.496 e. The molecule has 1 atom stereocenters. The van der Waals surface area contributed by atoms with Crippen LogP contribution in [-0.4, -0.2) is 12.2 Å². The van der Waals surface area contributed by atoms with E-state index in [-0.39, 0.29) is 11.4 Å². The quantitative estimate of drug-likeness (QED) is 0.869. The number of rotatable bonds is 4. The highest BCUT2D eigenvalue weighted by molar-refractivity contribution is 9.10. The van der Waals surface area contributed by atoms with Crippen LogP contribution < -0.4 is 4.74 Å². The van der Waals surface area contributed by atoms with E-state index in [4.69, 9.17) is 16.3 Å². The Morgan fingerprint density at radius 1 is 1.30 bits per heavy atom. The molecular weight excluding hydrogens is 347 g/mol. The molecule has 0 saturated heterocycles. The summed E-state index contributed by atoms with van der Waals surface area (Å²) in [7, 11) is 1.54. The maximum Gasteiger partial charge on any atom is 0.142 e. The third-order valence-electron chi connectivity index (χ3n) is 2.97. The molecule has 0 spiro atoms. The fraction of sp³-hybridized carbons (Fsp3) is 0.200. The van der Waals surface area contributed by atoms with Gasteiger partial charge in [-0.05, 0) is 29.8 Å². The highest BCUT2D eigenvalue weighted by atomic mass is 79.9. The predicted molar refractivity (Wildman–Crippen MR) is 80.8 cm³/mol. The minimum atomic E-state index is -0.779. The minimum Gasteiger partial charge on any atom is -0.496 e. The van der Waals surface area contributed by atoms with Crippen LogP contribution in [0.25, 0.3) is 0 Å². The number of aliphatic hydroxyl groups is 1. The molecule has 0 bridgehead atoms. The second-order valence-corrected chi connectivity index (χ2v) is 5.68. The fourth-order valence-electron chi connectivity index (χ4n) is 1.96. The molecule has 106 valence electrons. The molecule has 0 saturated carbocycles. The van der Waals surface area contributed by atoms with Crippen molar-refractivity contribution in [2.24, 2.45) is 0 Å². The van der Waals surface area contributed by atoms with Crippen LogP contribution in [0.3, 0.4) is 0 Å². The summed E-state index contributed by atoms with van der Waals surface area (Å²) in [5, 5.41) is 10.4. The van der Waals surface area contributed by atoms with Crippen molar-refractivity contribution in [1.29, 1.82) is 0 Å². The molecule has 20 heavy (non-hydrogen) atoms. The van der Waals surface area contributed by atoms with Crippen molar-refractivity contribution in [3.05, 3.63) is 62.8 Å². The third kappa shape index (κ3) is 3.51. The Morgan fingerprint density at radius 2 is 2.05 bits per heavy atom. The maximum absolute atomic E-state index is 13.4. The Hall–Kier alpha value is -1.10. The Balaban J connectivity index is 2.23. The van der Waals surface area contributed by atoms with E-state index in [1.54, 1.807) is 25.3 Å². The van der Waals surface area contributed by atoms with Gasteiger partial charge in [0, 0.05) is 16.5 Å². The van der Waals surface area contributed by atoms with Gasteiger partial charge in [0.15, 0.2) is 0 Å². The molecule has 0 radical (unpaired) electrons. The lowest BCUT2D eigenvalue weighted by atomic mass is 10.0. The first kappa shape index (κ1) is 15.3. The van der Waals surface area contributed by atoms with Crippen molar-refractivity contribution in [3.8, 4) is 5.75 Å². The van der Waals surface area contributed by atoms with Gasteiger partial charge in [-0.25, -0.2) is 4.39 Å². The molecule has 0 amide bonds. The van der Waals surface area contributed by atoms with Crippen LogP contribution in [0, 0.1) is 5.82 Å². The average molecular weight is 360 g/mol. The van der Waals surface area contributed by atoms with E-state index >= 15 is 0 Å². The number of benzene rings is 2. The van der Waals surface area contributed by atoms with Crippen LogP contribution in [0.15, 0.2) is 40.9 Å². The molecule has 5 heteroatoms. The standard InChI is InChI=1S/C15H13BrClFO2/c1-20-15-8-10(16)3-4-11(15)14(19)7-9-2-5-12(17)13(18)6-9/h2-6,8,14,19H,7H2,1H3. The first-order valence-electron chi connectivity index (χ1n) is 5.96. The van der Waals surface area contributed by atoms with Gasteiger partial charge in [-0.3, -0.25) is 0 Å². The van der Waals surface area contributed by atoms with Crippen molar-refractivity contribution in [3.63, 3.8) is 0 Å². The molecule has 2 aromatic carbocycles. The summed E-state index contributed by atoms with van der Waals surface area (Å²) in [6.07, 6.45) is -0.495. The second kappa shape index (κ2) is 6.57. The Kier molecular flexibility index (Phi) is 5.02. The number of ether oxygens (including phenoxy) is 1. The molecular formula is C15H13BrClFO2. The highest BCUT2D eigenvalue weighted by Crippen LogP contribution is 2.30. The van der Waals surface area contributed by atoms with Crippen molar-refractivity contribution in [2.45, 2.75) is 12.5 Å². The molecule has 0 fully saturated rings. The molecule has 0 aliphatic heterocycles. The van der Waals surface area contributed by atoms with E-state index in [1.807, 2.05) is 6.07 Å². The van der Waals surface area contributed by atoms with E-state index in [9.17, 15) is 9.50 Å². The van der Waals surface area contributed by atoms with Gasteiger partial charge in [-0.15, -0.1) is 0 Å². The zero-order valence-electron chi connectivity index (χ0n) is 10.7. The van der Waals surface area contributed by atoms with Crippen molar-refractivity contribution >= 4 is 27.5 Å². The van der Waals surface area contributed by atoms with Gasteiger partial charge >= 0.3 is 0 Å². The molecule has 1 unspecified atom stereocenters. The van der Waals surface area contributed by atoms with Gasteiger partial charge < -0.3 is 9.84 Å². The van der Waals surface area contributed by atoms with Crippen molar-refractivity contribution in [1.82, 2.24) is 0 Å². The van der Waals surface area contributed by atoms with Crippen LogP contribution in [-0.2, 0) is 6.42 Å². The van der Waals surface area contributed by atoms with E-state index in [0.717, 1.165) is 4.47 Å². The first-order chi connectivity index (χ1) is 9.51. The lowest BCUT2D eigenvalue weighted by Gasteiger charge is -2.15. The van der Waals surface area contributed by atoms with Crippen molar-refractivity contribution in [2.75, 3.05) is 7.11 Å². The average Bonchev–Trinajstić information content (AvgIpc) is 2.42. The molecule has 2 rings (SSSR count). The molecule has 2 aromatic rings. The summed E-state index contributed by atoms with van der Waals surface area (Å²) in [6.45, 7) is 0. The maximum atomic E-state index is 13.4. The molecule has 0 aromatic heterocycles. The fourth-order valence-corrected chi connectivity index (χ4v) is 2.42. The van der Waals surface area contributed by atoms with E-state index in [1.165, 1.54) is 12.1 Å². The van der Waals surface area contributed by atoms with Gasteiger partial charge in [0.25, 0.3) is 0 Å². The van der Waals surface area contributed by atoms with Gasteiger partial charge in [0.05, 0.1) is 18.2 Å². The number of hydrogen-bond acceptors (Lipinski definition) is 2. The van der Waals surface area contributed by atoms with Gasteiger partial charge in [-0.1, -0.05) is 39.7 Å². The summed E-state index contributed by atoms with van der Waals surface area (Å²) in [5.74, 6) is 0.0976. The minimum absolute atomic E-state index is 0.0736. The summed E-state index contributed by atoms with van der Waals surface area (Å²) < 4.78 is 19.5. The van der Waals surface area contributed by atoms with Gasteiger partial charge in [-0.2, -0.15) is 0 Å². The topological polar surface area (TPSA) is 29.5 Å². The van der Waals surface area contributed by atoms with Crippen LogP contribution in [0.1, 0.15) is 17.2 Å². The molecule has 2 nitrogen and oxygen atoms in total. The Morgan fingerprint density at radius 3 is 2.70 bits per heavy atom. The van der Waals surface area contributed by atoms with Crippen LogP contribution in [0.4, 0.5) is 4.39 Å². The lowest BCUT2D eigenvalue weighted by Crippen LogP contribution is -2.04. The molecule has 1 N–H and O–H groups in total. The van der Waals surface area contributed by atoms with E-state index in [0.29, 0.717) is 16.9 Å². The number of hydrogen-bond donors (Lipinski definition) is 1. The zero-order valence-corrected chi connectivity index (χ0v) is 13.1. The van der Waals surface area contributed by atoms with Crippen molar-refractivity contribution < 1.29 is 14.2 Å². The zero-order chi connectivity index (χ0) is 14.7. The third-order valence-corrected chi connectivity index (χ3v) is 3.77. The van der Waals surface area contributed by atoms with Crippen LogP contribution in [0.2, 0.25) is 5.02 Å².